The number of carbonyl (C=O) groups excluding carboxylic acids is 2. The first-order valence-corrected chi connectivity index (χ1v) is 7.65. The third-order valence-corrected chi connectivity index (χ3v) is 3.82. The minimum Gasteiger partial charge on any atom is -0.464 e. The van der Waals surface area contributed by atoms with Crippen LogP contribution in [-0.2, 0) is 11.2 Å². The Morgan fingerprint density at radius 1 is 1.08 bits per heavy atom. The van der Waals surface area contributed by atoms with E-state index in [1.165, 1.54) is 0 Å². The maximum absolute atomic E-state index is 12.2. The Balaban J connectivity index is 1.69. The Hall–Kier alpha value is -3.08. The average molecular weight is 322 g/mol. The second-order valence-electron chi connectivity index (χ2n) is 5.64. The molecule has 2 amide bonds. The van der Waals surface area contributed by atoms with Crippen molar-refractivity contribution in [3.63, 3.8) is 0 Å². The van der Waals surface area contributed by atoms with Crippen molar-refractivity contribution < 1.29 is 14.0 Å². The molecule has 3 aromatic rings. The molecule has 0 aliphatic carbocycles. The van der Waals surface area contributed by atoms with E-state index < -0.39 is 0 Å². The zero-order valence-electron chi connectivity index (χ0n) is 13.6. The maximum atomic E-state index is 12.2. The molecule has 0 bridgehead atoms. The van der Waals surface area contributed by atoms with Crippen molar-refractivity contribution in [2.75, 3.05) is 12.4 Å². The molecule has 1 heterocycles. The summed E-state index contributed by atoms with van der Waals surface area (Å²) in [5.74, 6) is -0.293. The van der Waals surface area contributed by atoms with Gasteiger partial charge in [-0.1, -0.05) is 12.1 Å². The molecule has 5 nitrogen and oxygen atoms in total. The van der Waals surface area contributed by atoms with Gasteiger partial charge in [-0.2, -0.15) is 0 Å². The highest BCUT2D eigenvalue weighted by Crippen LogP contribution is 2.23. The molecule has 0 saturated heterocycles. The van der Waals surface area contributed by atoms with Gasteiger partial charge >= 0.3 is 0 Å². The molecule has 122 valence electrons. The molecule has 0 fully saturated rings. The molecule has 0 spiro atoms. The van der Waals surface area contributed by atoms with Crippen LogP contribution >= 0.6 is 0 Å². The largest absolute Gasteiger partial charge is 0.464 e. The SMILES string of the molecule is CNC(=O)c1ccc(NC(=O)Cc2coc3cc(C)ccc23)cc1. The van der Waals surface area contributed by atoms with Crippen LogP contribution in [0.25, 0.3) is 11.0 Å². The van der Waals surface area contributed by atoms with Crippen molar-refractivity contribution in [3.8, 4) is 0 Å². The molecule has 0 aliphatic rings. The molecular formula is C19H18N2O3. The number of fused-ring (bicyclic) bond motifs is 1. The Bertz CT molecular complexity index is 895. The third-order valence-electron chi connectivity index (χ3n) is 3.82. The van der Waals surface area contributed by atoms with E-state index in [-0.39, 0.29) is 18.2 Å². The number of amides is 2. The lowest BCUT2D eigenvalue weighted by molar-refractivity contribution is -0.115. The van der Waals surface area contributed by atoms with Gasteiger partial charge in [-0.25, -0.2) is 0 Å². The van der Waals surface area contributed by atoms with E-state index >= 15 is 0 Å². The second-order valence-corrected chi connectivity index (χ2v) is 5.64. The molecule has 24 heavy (non-hydrogen) atoms. The summed E-state index contributed by atoms with van der Waals surface area (Å²) in [6.07, 6.45) is 1.85. The molecule has 0 radical (unpaired) electrons. The van der Waals surface area contributed by atoms with Crippen LogP contribution in [0.2, 0.25) is 0 Å². The smallest absolute Gasteiger partial charge is 0.251 e. The first-order chi connectivity index (χ1) is 11.6. The Morgan fingerprint density at radius 3 is 2.54 bits per heavy atom. The average Bonchev–Trinajstić information content (AvgIpc) is 2.96. The van der Waals surface area contributed by atoms with Gasteiger partial charge in [0.05, 0.1) is 12.7 Å². The lowest BCUT2D eigenvalue weighted by atomic mass is 10.1. The standard InChI is InChI=1S/C19H18N2O3/c1-12-3-8-16-14(11-24-17(16)9-12)10-18(22)21-15-6-4-13(5-7-15)19(23)20-2/h3-9,11H,10H2,1-2H3,(H,20,23)(H,21,22). The Labute approximate surface area is 139 Å². The van der Waals surface area contributed by atoms with E-state index in [0.29, 0.717) is 11.3 Å². The van der Waals surface area contributed by atoms with Crippen LogP contribution in [0.15, 0.2) is 53.1 Å². The van der Waals surface area contributed by atoms with Crippen LogP contribution in [0.3, 0.4) is 0 Å². The fourth-order valence-corrected chi connectivity index (χ4v) is 2.55. The number of rotatable bonds is 4. The van der Waals surface area contributed by atoms with E-state index in [9.17, 15) is 9.59 Å². The third kappa shape index (κ3) is 3.30. The molecule has 0 unspecified atom stereocenters. The second kappa shape index (κ2) is 6.58. The topological polar surface area (TPSA) is 71.3 Å². The zero-order chi connectivity index (χ0) is 17.1. The van der Waals surface area contributed by atoms with Gasteiger partial charge in [-0.05, 0) is 42.8 Å². The fourth-order valence-electron chi connectivity index (χ4n) is 2.55. The maximum Gasteiger partial charge on any atom is 0.251 e. The predicted octanol–water partition coefficient (Wildman–Crippen LogP) is 3.28. The molecule has 2 aromatic carbocycles. The first-order valence-electron chi connectivity index (χ1n) is 7.65. The van der Waals surface area contributed by atoms with Crippen LogP contribution in [0, 0.1) is 6.92 Å². The minimum absolute atomic E-state index is 0.133. The van der Waals surface area contributed by atoms with Gasteiger partial charge in [0.15, 0.2) is 0 Å². The van der Waals surface area contributed by atoms with Gasteiger partial charge in [0, 0.05) is 29.2 Å². The highest BCUT2D eigenvalue weighted by atomic mass is 16.3. The number of carbonyl (C=O) groups is 2. The van der Waals surface area contributed by atoms with E-state index in [2.05, 4.69) is 10.6 Å². The van der Waals surface area contributed by atoms with Gasteiger partial charge in [-0.15, -0.1) is 0 Å². The van der Waals surface area contributed by atoms with Gasteiger partial charge in [-0.3, -0.25) is 9.59 Å². The van der Waals surface area contributed by atoms with Crippen LogP contribution in [-0.4, -0.2) is 18.9 Å². The number of nitrogens with one attached hydrogen (secondary N) is 2. The highest BCUT2D eigenvalue weighted by molar-refractivity contribution is 5.97. The number of hydrogen-bond acceptors (Lipinski definition) is 3. The highest BCUT2D eigenvalue weighted by Gasteiger charge is 2.11. The number of benzene rings is 2. The lowest BCUT2D eigenvalue weighted by Gasteiger charge is -2.06. The number of aryl methyl sites for hydroxylation is 1. The Morgan fingerprint density at radius 2 is 1.83 bits per heavy atom. The van der Waals surface area contributed by atoms with Crippen LogP contribution in [0.5, 0.6) is 0 Å². The Kier molecular flexibility index (Phi) is 4.33. The molecule has 2 N–H and O–H groups in total. The quantitative estimate of drug-likeness (QED) is 0.774. The first kappa shape index (κ1) is 15.8. The van der Waals surface area contributed by atoms with Crippen molar-refractivity contribution in [2.24, 2.45) is 0 Å². The van der Waals surface area contributed by atoms with Gasteiger partial charge < -0.3 is 15.1 Å². The van der Waals surface area contributed by atoms with Crippen molar-refractivity contribution in [2.45, 2.75) is 13.3 Å². The van der Waals surface area contributed by atoms with E-state index in [4.69, 9.17) is 4.42 Å². The summed E-state index contributed by atoms with van der Waals surface area (Å²) >= 11 is 0. The molecule has 3 rings (SSSR count). The molecule has 0 atom stereocenters. The van der Waals surface area contributed by atoms with E-state index in [1.807, 2.05) is 25.1 Å². The van der Waals surface area contributed by atoms with E-state index in [1.54, 1.807) is 37.6 Å². The summed E-state index contributed by atoms with van der Waals surface area (Å²) in [5, 5.41) is 6.33. The summed E-state index contributed by atoms with van der Waals surface area (Å²) in [5.41, 5.74) is 3.95. The van der Waals surface area contributed by atoms with Crippen molar-refractivity contribution in [1.29, 1.82) is 0 Å². The molecule has 0 aliphatic heterocycles. The predicted molar refractivity (Wildman–Crippen MR) is 93.1 cm³/mol. The van der Waals surface area contributed by atoms with Crippen LogP contribution < -0.4 is 10.6 Å². The summed E-state index contributed by atoms with van der Waals surface area (Å²) in [6, 6.07) is 12.7. The number of hydrogen-bond donors (Lipinski definition) is 2. The number of furan rings is 1. The summed E-state index contributed by atoms with van der Waals surface area (Å²) in [4.78, 5) is 23.7. The van der Waals surface area contributed by atoms with Crippen molar-refractivity contribution in [3.05, 3.63) is 65.4 Å². The summed E-state index contributed by atoms with van der Waals surface area (Å²) < 4.78 is 5.51. The zero-order valence-corrected chi connectivity index (χ0v) is 13.6. The van der Waals surface area contributed by atoms with E-state index in [0.717, 1.165) is 22.1 Å². The van der Waals surface area contributed by atoms with Gasteiger partial charge in [0.1, 0.15) is 5.58 Å². The van der Waals surface area contributed by atoms with Crippen molar-refractivity contribution in [1.82, 2.24) is 5.32 Å². The molecular weight excluding hydrogens is 304 g/mol. The molecule has 5 heteroatoms. The van der Waals surface area contributed by atoms with Gasteiger partial charge in [0.25, 0.3) is 5.91 Å². The van der Waals surface area contributed by atoms with Crippen LogP contribution in [0.1, 0.15) is 21.5 Å². The monoisotopic (exact) mass is 322 g/mol. The summed E-state index contributed by atoms with van der Waals surface area (Å²) in [6.45, 7) is 2.00. The number of anilines is 1. The normalized spacial score (nSPS) is 10.6. The van der Waals surface area contributed by atoms with Crippen molar-refractivity contribution >= 4 is 28.5 Å². The fraction of sp³-hybridized carbons (Fsp3) is 0.158. The molecule has 0 saturated carbocycles. The lowest BCUT2D eigenvalue weighted by Crippen LogP contribution is -2.18. The summed E-state index contributed by atoms with van der Waals surface area (Å²) in [7, 11) is 1.58. The van der Waals surface area contributed by atoms with Crippen LogP contribution in [0.4, 0.5) is 5.69 Å². The minimum atomic E-state index is -0.159. The molecule has 1 aromatic heterocycles. The van der Waals surface area contributed by atoms with Gasteiger partial charge in [0.2, 0.25) is 5.91 Å².